The third-order valence-electron chi connectivity index (χ3n) is 12.0. The molecule has 14 nitrogen and oxygen atoms in total. The Bertz CT molecular complexity index is 3400. The molecule has 10 rings (SSSR count). The predicted octanol–water partition coefficient (Wildman–Crippen LogP) is 12.5. The molecule has 0 radical (unpaired) electrons. The molecular formula is C55H51N11O3S. The molecule has 0 spiro atoms. The molecule has 350 valence electrons. The Balaban J connectivity index is 0.000000174. The largest absolute Gasteiger partial charge is 0.456 e. The van der Waals surface area contributed by atoms with Crippen molar-refractivity contribution in [2.45, 2.75) is 46.7 Å². The minimum atomic E-state index is 0.219. The fourth-order valence-corrected chi connectivity index (χ4v) is 9.31. The number of benzene rings is 5. The quantitative estimate of drug-likeness (QED) is 0.125. The van der Waals surface area contributed by atoms with E-state index in [0.717, 1.165) is 80.2 Å². The molecule has 70 heavy (non-hydrogen) atoms. The molecule has 0 unspecified atom stereocenters. The van der Waals surface area contributed by atoms with Gasteiger partial charge in [-0.25, -0.2) is 19.9 Å². The van der Waals surface area contributed by atoms with Gasteiger partial charge in [-0.15, -0.1) is 0 Å². The summed E-state index contributed by atoms with van der Waals surface area (Å²) in [5.74, 6) is 6.40. The zero-order valence-electron chi connectivity index (χ0n) is 39.5. The molecule has 5 aromatic carbocycles. The molecule has 1 saturated heterocycles. The van der Waals surface area contributed by atoms with Crippen LogP contribution in [-0.4, -0.2) is 53.7 Å². The van der Waals surface area contributed by atoms with Crippen molar-refractivity contribution in [3.8, 4) is 68.9 Å². The molecule has 0 atom stereocenters. The minimum absolute atomic E-state index is 0.219. The molecule has 0 saturated carbocycles. The van der Waals surface area contributed by atoms with Crippen LogP contribution in [0.4, 0.5) is 17.3 Å². The lowest BCUT2D eigenvalue weighted by atomic mass is 10.1. The van der Waals surface area contributed by atoms with E-state index in [-0.39, 0.29) is 12.1 Å². The molecule has 4 N–H and O–H groups in total. The average molecular weight is 946 g/mol. The molecule has 15 heteroatoms. The van der Waals surface area contributed by atoms with E-state index in [0.29, 0.717) is 57.3 Å². The van der Waals surface area contributed by atoms with Crippen LogP contribution in [0.3, 0.4) is 0 Å². The van der Waals surface area contributed by atoms with E-state index in [1.807, 2.05) is 110 Å². The van der Waals surface area contributed by atoms with Gasteiger partial charge >= 0.3 is 0 Å². The van der Waals surface area contributed by atoms with Gasteiger partial charge in [0, 0.05) is 60.2 Å². The van der Waals surface area contributed by atoms with E-state index in [1.54, 1.807) is 18.2 Å². The standard InChI is InChI=1S/C29H25N5O2.C26H26N6OS/c1-18(2)34-16-24(27-28(31)32-17-33-29(27)34)20-9-13-22(14-10-20)36-26-6-4-5-25(23(26)15-30)35-21-11-7-19(3)8-12-21;1-17(2)32-15-21(24-25(28)29-16-30-26(24)32)18-6-8-19(9-7-18)33-23-5-3-4-22(20(23)14-27)31-10-12-34-13-11-31/h4-14,16-18H,1-3H3,(H2,31,32,33);3-9,15-17H,10-13H2,1-2H3,(H2,28,29,30). The van der Waals surface area contributed by atoms with Crippen molar-refractivity contribution >= 4 is 51.2 Å². The van der Waals surface area contributed by atoms with Gasteiger partial charge in [0.1, 0.15) is 93.3 Å². The van der Waals surface area contributed by atoms with Crippen molar-refractivity contribution in [3.05, 3.63) is 151 Å². The Morgan fingerprint density at radius 3 is 1.40 bits per heavy atom. The number of hydrogen-bond donors (Lipinski definition) is 2. The van der Waals surface area contributed by atoms with Gasteiger partial charge in [-0.2, -0.15) is 22.3 Å². The molecule has 9 aromatic rings. The number of anilines is 3. The molecule has 1 aliphatic rings. The van der Waals surface area contributed by atoms with Gasteiger partial charge in [-0.1, -0.05) is 54.1 Å². The van der Waals surface area contributed by atoms with Crippen LogP contribution in [0.25, 0.3) is 44.3 Å². The minimum Gasteiger partial charge on any atom is -0.456 e. The zero-order valence-corrected chi connectivity index (χ0v) is 40.3. The number of thioether (sulfide) groups is 1. The SMILES string of the molecule is CC(C)n1cc(-c2ccc(Oc3cccc(N4CCSCC4)c3C#N)cc2)c2c(N)ncnc21.Cc1ccc(Oc2cccc(Oc3ccc(-c4cn(C(C)C)c5ncnc(N)c45)cc3)c2C#N)cc1. The lowest BCUT2D eigenvalue weighted by Gasteiger charge is -2.29. The van der Waals surface area contributed by atoms with Crippen molar-refractivity contribution < 1.29 is 14.2 Å². The van der Waals surface area contributed by atoms with E-state index in [4.69, 9.17) is 25.7 Å². The van der Waals surface area contributed by atoms with Crippen LogP contribution < -0.4 is 30.6 Å². The van der Waals surface area contributed by atoms with Gasteiger partial charge in [0.05, 0.1) is 16.5 Å². The molecular weight excluding hydrogens is 895 g/mol. The second kappa shape index (κ2) is 20.4. The van der Waals surface area contributed by atoms with Crippen LogP contribution in [0.2, 0.25) is 0 Å². The number of ether oxygens (including phenoxy) is 3. The first-order chi connectivity index (χ1) is 34.0. The average Bonchev–Trinajstić information content (AvgIpc) is 3.98. The summed E-state index contributed by atoms with van der Waals surface area (Å²) in [5.41, 5.74) is 20.9. The smallest absolute Gasteiger partial charge is 0.149 e. The maximum absolute atomic E-state index is 9.89. The van der Waals surface area contributed by atoms with E-state index >= 15 is 0 Å². The maximum Gasteiger partial charge on any atom is 0.149 e. The Labute approximate surface area is 410 Å². The molecule has 1 aliphatic heterocycles. The van der Waals surface area contributed by atoms with Crippen molar-refractivity contribution in [1.29, 1.82) is 10.5 Å². The monoisotopic (exact) mass is 945 g/mol. The number of nitrogens with zero attached hydrogens (tertiary/aromatic N) is 9. The number of nitrogens with two attached hydrogens (primary N) is 2. The number of rotatable bonds is 11. The lowest BCUT2D eigenvalue weighted by molar-refractivity contribution is 0.457. The molecule has 0 aliphatic carbocycles. The van der Waals surface area contributed by atoms with Crippen LogP contribution in [0.15, 0.2) is 134 Å². The van der Waals surface area contributed by atoms with E-state index in [1.165, 1.54) is 12.7 Å². The number of aromatic nitrogens is 6. The summed E-state index contributed by atoms with van der Waals surface area (Å²) < 4.78 is 22.4. The maximum atomic E-state index is 9.89. The Morgan fingerprint density at radius 1 is 0.557 bits per heavy atom. The van der Waals surface area contributed by atoms with E-state index in [2.05, 4.69) is 86.2 Å². The molecule has 0 amide bonds. The topological polar surface area (TPSA) is 192 Å². The van der Waals surface area contributed by atoms with Gasteiger partial charge in [0.15, 0.2) is 0 Å². The van der Waals surface area contributed by atoms with Gasteiger partial charge < -0.3 is 39.7 Å². The van der Waals surface area contributed by atoms with Gasteiger partial charge in [0.2, 0.25) is 0 Å². The third kappa shape index (κ3) is 9.61. The van der Waals surface area contributed by atoms with E-state index < -0.39 is 0 Å². The summed E-state index contributed by atoms with van der Waals surface area (Å²) in [6, 6.07) is 39.3. The Hall–Kier alpha value is -8.53. The summed E-state index contributed by atoms with van der Waals surface area (Å²) in [5, 5.41) is 21.4. The highest BCUT2D eigenvalue weighted by Crippen LogP contribution is 2.40. The van der Waals surface area contributed by atoms with E-state index in [9.17, 15) is 10.5 Å². The summed E-state index contributed by atoms with van der Waals surface area (Å²) in [6.07, 6.45) is 7.11. The highest BCUT2D eigenvalue weighted by Gasteiger charge is 2.21. The number of fused-ring (bicyclic) bond motifs is 2. The Morgan fingerprint density at radius 2 is 0.971 bits per heavy atom. The second-order valence-corrected chi connectivity index (χ2v) is 18.5. The normalized spacial score (nSPS) is 12.4. The number of hydrogen-bond acceptors (Lipinski definition) is 13. The van der Waals surface area contributed by atoms with Crippen molar-refractivity contribution in [2.75, 3.05) is 41.0 Å². The van der Waals surface area contributed by atoms with Crippen LogP contribution >= 0.6 is 11.8 Å². The third-order valence-corrected chi connectivity index (χ3v) is 12.9. The van der Waals surface area contributed by atoms with Gasteiger partial charge in [-0.05, 0) is 106 Å². The highest BCUT2D eigenvalue weighted by atomic mass is 32.2. The summed E-state index contributed by atoms with van der Waals surface area (Å²) >= 11 is 1.94. The van der Waals surface area contributed by atoms with Crippen LogP contribution in [0.1, 0.15) is 56.5 Å². The number of aryl methyl sites for hydroxylation is 1. The highest BCUT2D eigenvalue weighted by molar-refractivity contribution is 7.99. The van der Waals surface area contributed by atoms with Gasteiger partial charge in [-0.3, -0.25) is 0 Å². The summed E-state index contributed by atoms with van der Waals surface area (Å²) in [4.78, 5) is 19.6. The summed E-state index contributed by atoms with van der Waals surface area (Å²) in [6.45, 7) is 12.3. The molecule has 0 bridgehead atoms. The second-order valence-electron chi connectivity index (χ2n) is 17.3. The number of nitriles is 2. The molecule has 1 fully saturated rings. The van der Waals surface area contributed by atoms with Crippen LogP contribution in [0.5, 0.6) is 34.5 Å². The zero-order chi connectivity index (χ0) is 48.9. The Kier molecular flexibility index (Phi) is 13.6. The lowest BCUT2D eigenvalue weighted by Crippen LogP contribution is -2.33. The van der Waals surface area contributed by atoms with Gasteiger partial charge in [0.25, 0.3) is 0 Å². The van der Waals surface area contributed by atoms with Crippen molar-refractivity contribution in [2.24, 2.45) is 0 Å². The first-order valence-corrected chi connectivity index (χ1v) is 24.1. The fourth-order valence-electron chi connectivity index (χ4n) is 8.41. The summed E-state index contributed by atoms with van der Waals surface area (Å²) in [7, 11) is 0. The first-order valence-electron chi connectivity index (χ1n) is 22.9. The molecule has 5 heterocycles. The predicted molar refractivity (Wildman–Crippen MR) is 279 cm³/mol. The number of nitrogen functional groups attached to an aromatic ring is 2. The van der Waals surface area contributed by atoms with Crippen LogP contribution in [0, 0.1) is 29.6 Å². The first kappa shape index (κ1) is 46.6. The van der Waals surface area contributed by atoms with Crippen molar-refractivity contribution in [1.82, 2.24) is 29.1 Å². The van der Waals surface area contributed by atoms with Crippen LogP contribution in [-0.2, 0) is 0 Å². The van der Waals surface area contributed by atoms with Crippen molar-refractivity contribution in [3.63, 3.8) is 0 Å². The molecule has 4 aromatic heterocycles. The fraction of sp³-hybridized carbons (Fsp3) is 0.200.